The highest BCUT2D eigenvalue weighted by Gasteiger charge is 2.27. The highest BCUT2D eigenvalue weighted by molar-refractivity contribution is 5.89. The smallest absolute Gasteiger partial charge is 0.361 e. The number of carbonyl (C=O) groups is 1. The van der Waals surface area contributed by atoms with Crippen LogP contribution in [0.5, 0.6) is 5.75 Å². The second-order valence-electron chi connectivity index (χ2n) is 5.40. The van der Waals surface area contributed by atoms with Gasteiger partial charge in [0.2, 0.25) is 5.75 Å². The molecule has 21 heavy (non-hydrogen) atoms. The van der Waals surface area contributed by atoms with Crippen LogP contribution in [0.1, 0.15) is 56.3 Å². The fraction of sp³-hybridized carbons (Fsp3) is 0.643. The molecular formula is C14H22N2O5. The predicted molar refractivity (Wildman–Crippen MR) is 76.4 cm³/mol. The molecule has 0 amide bonds. The number of carbonyl (C=O) groups excluding carboxylic acids is 1. The van der Waals surface area contributed by atoms with Gasteiger partial charge in [-0.2, -0.15) is 0 Å². The maximum absolute atomic E-state index is 11.8. The predicted octanol–water partition coefficient (Wildman–Crippen LogP) is 1.09. The Balaban J connectivity index is 3.14. The van der Waals surface area contributed by atoms with Gasteiger partial charge < -0.3 is 19.9 Å². The first-order valence-electron chi connectivity index (χ1n) is 6.95. The molecular weight excluding hydrogens is 276 g/mol. The molecule has 7 heteroatoms. The summed E-state index contributed by atoms with van der Waals surface area (Å²) in [5, 5.41) is 18.5. The minimum Gasteiger partial charge on any atom is -0.501 e. The summed E-state index contributed by atoms with van der Waals surface area (Å²) < 4.78 is 4.78. The fourth-order valence-corrected chi connectivity index (χ4v) is 1.93. The number of aromatic amines is 1. The van der Waals surface area contributed by atoms with Crippen LogP contribution in [-0.2, 0) is 10.2 Å². The molecule has 0 saturated heterocycles. The van der Waals surface area contributed by atoms with E-state index in [0.29, 0.717) is 18.7 Å². The van der Waals surface area contributed by atoms with Gasteiger partial charge in [0.05, 0.1) is 6.61 Å². The molecule has 1 aromatic heterocycles. The Hall–Kier alpha value is -1.89. The van der Waals surface area contributed by atoms with Crippen molar-refractivity contribution in [1.29, 1.82) is 0 Å². The number of aliphatic hydroxyl groups excluding tert-OH is 1. The number of aliphatic hydroxyl groups is 1. The van der Waals surface area contributed by atoms with Crippen molar-refractivity contribution < 1.29 is 19.7 Å². The van der Waals surface area contributed by atoms with Crippen molar-refractivity contribution in [3.63, 3.8) is 0 Å². The average molecular weight is 298 g/mol. The van der Waals surface area contributed by atoms with Crippen molar-refractivity contribution >= 4 is 5.97 Å². The van der Waals surface area contributed by atoms with Crippen molar-refractivity contribution in [3.8, 4) is 5.75 Å². The highest BCUT2D eigenvalue weighted by atomic mass is 16.5. The maximum atomic E-state index is 11.8. The van der Waals surface area contributed by atoms with Crippen molar-refractivity contribution in [2.24, 2.45) is 0 Å². The van der Waals surface area contributed by atoms with Crippen LogP contribution in [0.3, 0.4) is 0 Å². The molecule has 0 aromatic carbocycles. The summed E-state index contributed by atoms with van der Waals surface area (Å²) >= 11 is 0. The van der Waals surface area contributed by atoms with Gasteiger partial charge in [-0.3, -0.25) is 4.79 Å². The molecule has 0 aliphatic carbocycles. The van der Waals surface area contributed by atoms with E-state index in [1.165, 1.54) is 0 Å². The lowest BCUT2D eigenvalue weighted by molar-refractivity contribution is 0.0514. The van der Waals surface area contributed by atoms with E-state index in [-0.39, 0.29) is 18.9 Å². The lowest BCUT2D eigenvalue weighted by Crippen LogP contribution is -2.27. The van der Waals surface area contributed by atoms with E-state index in [1.54, 1.807) is 6.92 Å². The molecule has 0 fully saturated rings. The Morgan fingerprint density at radius 3 is 2.62 bits per heavy atom. The average Bonchev–Trinajstić information content (AvgIpc) is 2.41. The molecule has 0 spiro atoms. The Kier molecular flexibility index (Phi) is 5.90. The topological polar surface area (TPSA) is 113 Å². The van der Waals surface area contributed by atoms with Crippen molar-refractivity contribution in [2.45, 2.75) is 45.4 Å². The van der Waals surface area contributed by atoms with E-state index >= 15 is 0 Å². The molecule has 1 rings (SSSR count). The third-order valence-electron chi connectivity index (χ3n) is 3.21. The summed E-state index contributed by atoms with van der Waals surface area (Å²) in [5.41, 5.74) is -1.63. The minimum atomic E-state index is -0.825. The number of H-pyrrole nitrogens is 1. The quantitative estimate of drug-likeness (QED) is 0.513. The van der Waals surface area contributed by atoms with Gasteiger partial charge in [-0.05, 0) is 19.8 Å². The van der Waals surface area contributed by atoms with E-state index in [4.69, 9.17) is 9.84 Å². The lowest BCUT2D eigenvalue weighted by atomic mass is 9.86. The molecule has 0 bridgehead atoms. The molecule has 0 radical (unpaired) electrons. The summed E-state index contributed by atoms with van der Waals surface area (Å²) in [6.45, 7) is 5.59. The molecule has 0 aliphatic rings. The second kappa shape index (κ2) is 7.21. The van der Waals surface area contributed by atoms with Gasteiger partial charge in [0.25, 0.3) is 5.56 Å². The highest BCUT2D eigenvalue weighted by Crippen LogP contribution is 2.26. The molecule has 0 aliphatic heterocycles. The third-order valence-corrected chi connectivity index (χ3v) is 3.21. The number of hydrogen-bond donors (Lipinski definition) is 3. The number of ether oxygens (including phenoxy) is 1. The number of aromatic hydroxyl groups is 1. The van der Waals surface area contributed by atoms with Crippen LogP contribution in [0.15, 0.2) is 4.79 Å². The Morgan fingerprint density at radius 1 is 1.38 bits per heavy atom. The molecule has 1 heterocycles. The van der Waals surface area contributed by atoms with Crippen LogP contribution in [0, 0.1) is 0 Å². The van der Waals surface area contributed by atoms with Gasteiger partial charge in [0.1, 0.15) is 5.82 Å². The molecule has 3 N–H and O–H groups in total. The summed E-state index contributed by atoms with van der Waals surface area (Å²) in [6.07, 6.45) is 2.07. The number of aromatic nitrogens is 2. The Labute approximate surface area is 123 Å². The molecule has 0 atom stereocenters. The zero-order valence-corrected chi connectivity index (χ0v) is 12.6. The Morgan fingerprint density at radius 2 is 2.05 bits per heavy atom. The van der Waals surface area contributed by atoms with Crippen LogP contribution in [-0.4, -0.2) is 39.4 Å². The summed E-state index contributed by atoms with van der Waals surface area (Å²) in [4.78, 5) is 30.0. The first-order valence-corrected chi connectivity index (χ1v) is 6.95. The van der Waals surface area contributed by atoms with Gasteiger partial charge >= 0.3 is 5.97 Å². The van der Waals surface area contributed by atoms with Crippen molar-refractivity contribution in [2.75, 3.05) is 13.2 Å². The fourth-order valence-electron chi connectivity index (χ4n) is 1.93. The van der Waals surface area contributed by atoms with Crippen LogP contribution in [0.2, 0.25) is 0 Å². The Bertz CT molecular complexity index is 551. The summed E-state index contributed by atoms with van der Waals surface area (Å²) in [7, 11) is 0. The van der Waals surface area contributed by atoms with Gasteiger partial charge in [-0.15, -0.1) is 0 Å². The van der Waals surface area contributed by atoms with E-state index in [1.807, 2.05) is 13.8 Å². The number of unbranched alkanes of at least 4 members (excludes halogenated alkanes) is 1. The van der Waals surface area contributed by atoms with E-state index < -0.39 is 22.7 Å². The molecule has 0 saturated carbocycles. The van der Waals surface area contributed by atoms with Gasteiger partial charge in [-0.25, -0.2) is 9.78 Å². The van der Waals surface area contributed by atoms with E-state index in [0.717, 1.165) is 6.42 Å². The lowest BCUT2D eigenvalue weighted by Gasteiger charge is -2.23. The van der Waals surface area contributed by atoms with Gasteiger partial charge in [-0.1, -0.05) is 20.3 Å². The van der Waals surface area contributed by atoms with Crippen LogP contribution in [0.4, 0.5) is 0 Å². The summed E-state index contributed by atoms with van der Waals surface area (Å²) in [5.74, 6) is -1.25. The van der Waals surface area contributed by atoms with Crippen molar-refractivity contribution in [1.82, 2.24) is 9.97 Å². The van der Waals surface area contributed by atoms with E-state index in [9.17, 15) is 14.7 Å². The number of rotatable bonds is 7. The van der Waals surface area contributed by atoms with Crippen LogP contribution in [0.25, 0.3) is 0 Å². The zero-order chi connectivity index (χ0) is 16.0. The monoisotopic (exact) mass is 298 g/mol. The molecule has 0 unspecified atom stereocenters. The number of nitrogens with one attached hydrogen (secondary N) is 1. The molecule has 1 aromatic rings. The SMILES string of the molecule is CCOC(=O)c1nc(C(C)(C)CCCCO)[nH]c(=O)c1O. The zero-order valence-electron chi connectivity index (χ0n) is 12.6. The largest absolute Gasteiger partial charge is 0.501 e. The molecule has 7 nitrogen and oxygen atoms in total. The number of esters is 1. The third kappa shape index (κ3) is 4.29. The van der Waals surface area contributed by atoms with Gasteiger partial charge in [0.15, 0.2) is 5.69 Å². The first kappa shape index (κ1) is 17.2. The molecule has 118 valence electrons. The van der Waals surface area contributed by atoms with Crippen molar-refractivity contribution in [3.05, 3.63) is 21.9 Å². The second-order valence-corrected chi connectivity index (χ2v) is 5.40. The number of hydrogen-bond acceptors (Lipinski definition) is 6. The van der Waals surface area contributed by atoms with Crippen LogP contribution >= 0.6 is 0 Å². The standard InChI is InChI=1S/C14H22N2O5/c1-4-21-12(20)9-10(18)11(19)16-13(15-9)14(2,3)7-5-6-8-17/h17-18H,4-8H2,1-3H3,(H,15,16,19). The van der Waals surface area contributed by atoms with Crippen LogP contribution < -0.4 is 5.56 Å². The maximum Gasteiger partial charge on any atom is 0.361 e. The van der Waals surface area contributed by atoms with E-state index in [2.05, 4.69) is 9.97 Å². The first-order chi connectivity index (χ1) is 9.83. The summed E-state index contributed by atoms with van der Waals surface area (Å²) in [6, 6.07) is 0. The minimum absolute atomic E-state index is 0.101. The normalized spacial score (nSPS) is 11.4. The number of nitrogens with zero attached hydrogens (tertiary/aromatic N) is 1. The van der Waals surface area contributed by atoms with Gasteiger partial charge in [0, 0.05) is 12.0 Å².